The molecule has 3 heterocycles. The van der Waals surface area contributed by atoms with Crippen molar-refractivity contribution < 1.29 is 113 Å². The van der Waals surface area contributed by atoms with Gasteiger partial charge in [0.05, 0.1) is 38.4 Å². The number of aliphatic hydroxyl groups is 12. The van der Waals surface area contributed by atoms with E-state index in [-0.39, 0.29) is 31.6 Å². The molecule has 18 atom stereocenters. The van der Waals surface area contributed by atoms with Crippen molar-refractivity contribution in [1.82, 2.24) is 10.6 Å². The normalized spacial score (nSPS) is 29.1. The Bertz CT molecular complexity index is 2340. The third kappa shape index (κ3) is 20.7. The molecule has 0 saturated carbocycles. The zero-order valence-corrected chi connectivity index (χ0v) is 47.3. The third-order valence-corrected chi connectivity index (χ3v) is 15.2. The van der Waals surface area contributed by atoms with Crippen LogP contribution in [0, 0.1) is 5.82 Å². The number of hydrogen-bond donors (Lipinski definition) is 14. The molecule has 84 heavy (non-hydrogen) atoms. The molecule has 6 rings (SSSR count). The van der Waals surface area contributed by atoms with Gasteiger partial charge in [-0.05, 0) is 72.5 Å². The van der Waals surface area contributed by atoms with Crippen molar-refractivity contribution in [3.8, 4) is 17.2 Å². The summed E-state index contributed by atoms with van der Waals surface area (Å²) in [6, 6.07) is 17.2. The summed E-state index contributed by atoms with van der Waals surface area (Å²) >= 11 is 0. The molecule has 3 aromatic rings. The minimum Gasteiger partial charge on any atom is -0.462 e. The van der Waals surface area contributed by atoms with Crippen LogP contribution >= 0.6 is 0 Å². The van der Waals surface area contributed by atoms with Crippen LogP contribution in [0.2, 0.25) is 0 Å². The highest BCUT2D eigenvalue weighted by Crippen LogP contribution is 2.32. The Morgan fingerprint density at radius 1 is 0.583 bits per heavy atom. The highest BCUT2D eigenvalue weighted by Gasteiger charge is 2.52. The maximum Gasteiger partial charge on any atom is 0.407 e. The summed E-state index contributed by atoms with van der Waals surface area (Å²) in [5.74, 6) is 0.0694. The molecule has 3 aromatic carbocycles. The van der Waals surface area contributed by atoms with Gasteiger partial charge >= 0.3 is 6.09 Å². The second-order valence-corrected chi connectivity index (χ2v) is 21.7. The van der Waals surface area contributed by atoms with Gasteiger partial charge in [0.2, 0.25) is 12.2 Å². The van der Waals surface area contributed by atoms with Crippen molar-refractivity contribution in [2.24, 2.45) is 0 Å². The summed E-state index contributed by atoms with van der Waals surface area (Å²) in [5, 5.41) is 133. The summed E-state index contributed by atoms with van der Waals surface area (Å²) in [7, 11) is 0. The van der Waals surface area contributed by atoms with Gasteiger partial charge in [0.1, 0.15) is 109 Å². The Morgan fingerprint density at radius 3 is 1.68 bits per heavy atom. The first-order valence-corrected chi connectivity index (χ1v) is 29.1. The summed E-state index contributed by atoms with van der Waals surface area (Å²) < 4.78 is 58.7. The van der Waals surface area contributed by atoms with Crippen molar-refractivity contribution >= 4 is 12.0 Å². The Kier molecular flexibility index (Phi) is 28.6. The maximum absolute atomic E-state index is 13.4. The van der Waals surface area contributed by atoms with Crippen molar-refractivity contribution in [3.63, 3.8) is 0 Å². The van der Waals surface area contributed by atoms with Crippen LogP contribution in [0.3, 0.4) is 0 Å². The molecule has 472 valence electrons. The number of aliphatic hydroxyl groups excluding tert-OH is 12. The molecule has 3 fully saturated rings. The molecule has 2 amide bonds. The Morgan fingerprint density at radius 2 is 1.10 bits per heavy atom. The predicted octanol–water partition coefficient (Wildman–Crippen LogP) is 1.25. The maximum atomic E-state index is 13.4. The number of carbonyl (C=O) groups excluding carboxylic acids is 2. The Labute approximate surface area is 488 Å². The number of nitrogens with one attached hydrogen (secondary N) is 2. The molecule has 14 N–H and O–H groups in total. The van der Waals surface area contributed by atoms with E-state index in [4.69, 9.17) is 37.9 Å². The number of ether oxygens (including phenoxy) is 8. The van der Waals surface area contributed by atoms with Crippen LogP contribution in [0.4, 0.5) is 9.18 Å². The van der Waals surface area contributed by atoms with Gasteiger partial charge in [-0.25, -0.2) is 9.18 Å². The monoisotopic (exact) mass is 1190 g/mol. The van der Waals surface area contributed by atoms with Crippen molar-refractivity contribution in [1.29, 1.82) is 0 Å². The van der Waals surface area contributed by atoms with E-state index >= 15 is 0 Å². The fraction of sp³-hybridized carbons (Fsp3) is 0.661. The van der Waals surface area contributed by atoms with Gasteiger partial charge in [-0.15, -0.1) is 0 Å². The van der Waals surface area contributed by atoms with E-state index in [0.717, 1.165) is 25.7 Å². The lowest BCUT2D eigenvalue weighted by atomic mass is 9.96. The van der Waals surface area contributed by atoms with E-state index in [1.54, 1.807) is 36.4 Å². The standard InChI is InChI=1S/C59H87FN2O22/c1-2-3-4-5-6-7-8-9-10-11-12-13-14-41(65)46(67)40(62-45(66)29-35-17-23-37(24-18-35)79-38-25-19-36(60)20-26-38)32-78-59(76)61-28-27-34-15-21-39(22-16-34)80-58-54(75)55(84-57-53(74)51(72)48(69)43(31-64)82-57)49(70)44(83-58)33-77-56-52(73)50(71)47(68)42(30-63)81-56/h15-26,40-44,46-58,63-65,67-75H,2-14,27-33H2,1H3,(H,61,76)(H,62,66)/t40?,41-,42?,43?,44?,46+,47-,48-,49-,50+,51+,52?,53?,54?,55+,56+,57-,58+/m1/s1. The van der Waals surface area contributed by atoms with E-state index in [1.165, 1.54) is 81.3 Å². The molecule has 24 nitrogen and oxygen atoms in total. The van der Waals surface area contributed by atoms with Crippen molar-refractivity contribution in [2.45, 2.75) is 214 Å². The average molecular weight is 1200 g/mol. The number of carbonyl (C=O) groups is 2. The quantitative estimate of drug-likeness (QED) is 0.0374. The van der Waals surface area contributed by atoms with Crippen LogP contribution in [-0.2, 0) is 46.1 Å². The van der Waals surface area contributed by atoms with Crippen LogP contribution < -0.4 is 20.1 Å². The lowest BCUT2D eigenvalue weighted by Gasteiger charge is -2.46. The molecule has 0 aliphatic carbocycles. The molecule has 3 aliphatic rings. The van der Waals surface area contributed by atoms with Crippen molar-refractivity contribution in [3.05, 3.63) is 89.7 Å². The number of alkyl carbamates (subject to hydrolysis) is 1. The van der Waals surface area contributed by atoms with Gasteiger partial charge in [0.25, 0.3) is 0 Å². The fourth-order valence-electron chi connectivity index (χ4n) is 10.0. The summed E-state index contributed by atoms with van der Waals surface area (Å²) in [5.41, 5.74) is 1.27. The molecule has 0 bridgehead atoms. The lowest BCUT2D eigenvalue weighted by molar-refractivity contribution is -0.358. The van der Waals surface area contributed by atoms with Crippen molar-refractivity contribution in [2.75, 3.05) is 33.0 Å². The predicted molar refractivity (Wildman–Crippen MR) is 295 cm³/mol. The van der Waals surface area contributed by atoms with Gasteiger partial charge < -0.3 is 110 Å². The largest absolute Gasteiger partial charge is 0.462 e. The van der Waals surface area contributed by atoms with Crippen LogP contribution in [-0.4, -0.2) is 217 Å². The van der Waals surface area contributed by atoms with E-state index in [2.05, 4.69) is 17.6 Å². The number of halogens is 1. The van der Waals surface area contributed by atoms with Crippen LogP contribution in [0.15, 0.2) is 72.8 Å². The SMILES string of the molecule is CCCCCCCCCCCCCC[C@@H](O)[C@@H](O)C(COC(=O)NCCc1ccc(O[C@H]2OC(CO[C@H]3OC(CO)[C@@H](O)[C@H](O)C3O)[C@@H](O)[C@H](O[C@H]3OC(CO)[C@@H](O)[C@H](O)C3O)C2O)cc1)NC(=O)Cc1ccc(Oc2ccc(F)cc2)cc1. The Hall–Kier alpha value is -4.75. The first-order valence-electron chi connectivity index (χ1n) is 29.1. The number of benzene rings is 3. The summed E-state index contributed by atoms with van der Waals surface area (Å²) in [6.07, 6.45) is -15.5. The van der Waals surface area contributed by atoms with E-state index < -0.39 is 155 Å². The Balaban J connectivity index is 1.02. The molecule has 25 heteroatoms. The molecular formula is C59H87FN2O22. The lowest BCUT2D eigenvalue weighted by Crippen LogP contribution is -2.65. The molecule has 0 aromatic heterocycles. The fourth-order valence-corrected chi connectivity index (χ4v) is 10.0. The van der Waals surface area contributed by atoms with Crippen LogP contribution in [0.1, 0.15) is 102 Å². The minimum absolute atomic E-state index is 0.0521. The topological polar surface area (TPSA) is 375 Å². The van der Waals surface area contributed by atoms with E-state index in [1.807, 2.05) is 0 Å². The number of unbranched alkanes of at least 4 members (excludes halogenated alkanes) is 11. The van der Waals surface area contributed by atoms with Gasteiger partial charge in [-0.1, -0.05) is 108 Å². The summed E-state index contributed by atoms with van der Waals surface area (Å²) in [4.78, 5) is 26.5. The molecule has 3 saturated heterocycles. The van der Waals surface area contributed by atoms with Gasteiger partial charge in [0.15, 0.2) is 12.6 Å². The highest BCUT2D eigenvalue weighted by atomic mass is 19.1. The first kappa shape index (κ1) is 68.4. The number of hydrogen-bond acceptors (Lipinski definition) is 22. The molecule has 3 aliphatic heterocycles. The van der Waals surface area contributed by atoms with E-state index in [0.29, 0.717) is 29.0 Å². The molecular weight excluding hydrogens is 1110 g/mol. The first-order chi connectivity index (χ1) is 40.4. The third-order valence-electron chi connectivity index (χ3n) is 15.2. The zero-order valence-electron chi connectivity index (χ0n) is 47.3. The average Bonchev–Trinajstić information content (AvgIpc) is 2.58. The minimum atomic E-state index is -1.94. The summed E-state index contributed by atoms with van der Waals surface area (Å²) in [6.45, 7) is -0.448. The number of rotatable bonds is 34. The van der Waals surface area contributed by atoms with Gasteiger partial charge in [-0.2, -0.15) is 0 Å². The second-order valence-electron chi connectivity index (χ2n) is 21.7. The van der Waals surface area contributed by atoms with Gasteiger partial charge in [-0.3, -0.25) is 4.79 Å². The van der Waals surface area contributed by atoms with Crippen LogP contribution in [0.25, 0.3) is 0 Å². The second kappa shape index (κ2) is 35.2. The zero-order chi connectivity index (χ0) is 60.7. The smallest absolute Gasteiger partial charge is 0.407 e. The van der Waals surface area contributed by atoms with E-state index in [9.17, 15) is 75.3 Å². The molecule has 0 spiro atoms. The van der Waals surface area contributed by atoms with Gasteiger partial charge in [0, 0.05) is 6.54 Å². The molecule has 0 radical (unpaired) electrons. The number of amides is 2. The molecule has 7 unspecified atom stereocenters. The van der Waals surface area contributed by atoms with Crippen LogP contribution in [0.5, 0.6) is 17.2 Å². The highest BCUT2D eigenvalue weighted by molar-refractivity contribution is 5.79.